The van der Waals surface area contributed by atoms with E-state index in [2.05, 4.69) is 5.32 Å². The van der Waals surface area contributed by atoms with E-state index in [4.69, 9.17) is 14.5 Å². The van der Waals surface area contributed by atoms with Crippen LogP contribution in [0.4, 0.5) is 4.79 Å². The molecule has 3 aromatic carbocycles. The largest absolute Gasteiger partial charge is 0.480 e. The topological polar surface area (TPSA) is 133 Å². The minimum absolute atomic E-state index is 0.0717. The summed E-state index contributed by atoms with van der Waals surface area (Å²) in [5.41, 5.74) is 5.96. The Morgan fingerprint density at radius 3 is 2.00 bits per heavy atom. The van der Waals surface area contributed by atoms with Crippen LogP contribution in [0.5, 0.6) is 0 Å². The number of benzene rings is 3. The average molecular weight is 509 g/mol. The van der Waals surface area contributed by atoms with Crippen molar-refractivity contribution in [3.8, 4) is 11.1 Å². The number of alkyl carbamates (subject to hydrolysis) is 1. The van der Waals surface area contributed by atoms with Crippen LogP contribution >= 0.6 is 7.60 Å². The molecule has 0 radical (unpaired) electrons. The van der Waals surface area contributed by atoms with Crippen molar-refractivity contribution in [2.45, 2.75) is 31.2 Å². The summed E-state index contributed by atoms with van der Waals surface area (Å²) in [5, 5.41) is 12.1. The molecule has 0 fully saturated rings. The van der Waals surface area contributed by atoms with E-state index in [1.165, 1.54) is 0 Å². The lowest BCUT2D eigenvalue weighted by Gasteiger charge is -2.17. The third kappa shape index (κ3) is 6.40. The Kier molecular flexibility index (Phi) is 7.89. The van der Waals surface area contributed by atoms with Gasteiger partial charge in [0.2, 0.25) is 0 Å². The SMILES string of the molecule is O=C(N[C@@H](Cc1ccc(CCCP(=O)(O)O)cc1)C(=O)O)OCC1c2ccccc2-c2ccccc21. The van der Waals surface area contributed by atoms with Gasteiger partial charge in [-0.1, -0.05) is 72.8 Å². The Bertz CT molecular complexity index is 1240. The van der Waals surface area contributed by atoms with Gasteiger partial charge in [-0.25, -0.2) is 9.59 Å². The van der Waals surface area contributed by atoms with E-state index in [1.54, 1.807) is 24.3 Å². The lowest BCUT2D eigenvalue weighted by atomic mass is 9.98. The predicted molar refractivity (Wildman–Crippen MR) is 135 cm³/mol. The van der Waals surface area contributed by atoms with Crippen LogP contribution in [0.1, 0.15) is 34.6 Å². The van der Waals surface area contributed by atoms with E-state index < -0.39 is 25.7 Å². The number of hydrogen-bond donors (Lipinski definition) is 4. The van der Waals surface area contributed by atoms with Gasteiger partial charge in [0, 0.05) is 12.3 Å². The number of aryl methyl sites for hydroxylation is 1. The minimum atomic E-state index is -4.02. The minimum Gasteiger partial charge on any atom is -0.480 e. The second-order valence-corrected chi connectivity index (χ2v) is 10.6. The monoisotopic (exact) mass is 509 g/mol. The molecule has 4 N–H and O–H groups in total. The van der Waals surface area contributed by atoms with Gasteiger partial charge in [0.25, 0.3) is 0 Å². The number of amides is 1. The van der Waals surface area contributed by atoms with Gasteiger partial charge < -0.3 is 24.9 Å². The second-order valence-electron chi connectivity index (χ2n) is 8.87. The van der Waals surface area contributed by atoms with E-state index in [0.29, 0.717) is 18.4 Å². The number of hydrogen-bond acceptors (Lipinski definition) is 4. The lowest BCUT2D eigenvalue weighted by Crippen LogP contribution is -2.42. The zero-order chi connectivity index (χ0) is 25.7. The van der Waals surface area contributed by atoms with E-state index in [-0.39, 0.29) is 25.1 Å². The van der Waals surface area contributed by atoms with Crippen molar-refractivity contribution in [3.05, 3.63) is 95.1 Å². The summed E-state index contributed by atoms with van der Waals surface area (Å²) in [6.07, 6.45) is -0.0446. The highest BCUT2D eigenvalue weighted by molar-refractivity contribution is 7.51. The number of ether oxygens (including phenoxy) is 1. The number of carboxylic acid groups (broad SMARTS) is 1. The van der Waals surface area contributed by atoms with Crippen LogP contribution in [-0.4, -0.2) is 45.8 Å². The van der Waals surface area contributed by atoms with Gasteiger partial charge in [-0.3, -0.25) is 4.57 Å². The van der Waals surface area contributed by atoms with Crippen LogP contribution in [0.2, 0.25) is 0 Å². The van der Waals surface area contributed by atoms with Crippen molar-refractivity contribution < 1.29 is 33.8 Å². The van der Waals surface area contributed by atoms with Crippen LogP contribution in [-0.2, 0) is 26.9 Å². The summed E-state index contributed by atoms with van der Waals surface area (Å²) in [7, 11) is -4.02. The first-order chi connectivity index (χ1) is 17.2. The van der Waals surface area contributed by atoms with Crippen molar-refractivity contribution >= 4 is 19.7 Å². The van der Waals surface area contributed by atoms with Gasteiger partial charge in [-0.15, -0.1) is 0 Å². The number of carbonyl (C=O) groups excluding carboxylic acids is 1. The molecule has 3 aromatic rings. The Morgan fingerprint density at radius 2 is 1.44 bits per heavy atom. The maximum absolute atomic E-state index is 12.5. The van der Waals surface area contributed by atoms with Crippen LogP contribution in [0.25, 0.3) is 11.1 Å². The molecule has 4 rings (SSSR count). The van der Waals surface area contributed by atoms with Crippen molar-refractivity contribution in [2.24, 2.45) is 0 Å². The Balaban J connectivity index is 1.33. The lowest BCUT2D eigenvalue weighted by molar-refractivity contribution is -0.139. The summed E-state index contributed by atoms with van der Waals surface area (Å²) >= 11 is 0. The predicted octanol–water partition coefficient (Wildman–Crippen LogP) is 4.33. The molecule has 0 unspecified atom stereocenters. The maximum atomic E-state index is 12.5. The zero-order valence-electron chi connectivity index (χ0n) is 19.5. The van der Waals surface area contributed by atoms with Crippen LogP contribution in [0.15, 0.2) is 72.8 Å². The summed E-state index contributed by atoms with van der Waals surface area (Å²) in [6.45, 7) is 0.0928. The molecule has 1 atom stereocenters. The van der Waals surface area contributed by atoms with Gasteiger partial charge in [0.05, 0.1) is 6.16 Å². The van der Waals surface area contributed by atoms with Gasteiger partial charge in [0.15, 0.2) is 0 Å². The van der Waals surface area contributed by atoms with Crippen molar-refractivity contribution in [3.63, 3.8) is 0 Å². The van der Waals surface area contributed by atoms with Crippen molar-refractivity contribution in [2.75, 3.05) is 12.8 Å². The molecular weight excluding hydrogens is 481 g/mol. The highest BCUT2D eigenvalue weighted by Gasteiger charge is 2.29. The van der Waals surface area contributed by atoms with Gasteiger partial charge in [-0.2, -0.15) is 0 Å². The standard InChI is InChI=1S/C27H28NO7P/c29-26(30)25(16-19-13-11-18(12-14-19)6-5-15-36(32,33)34)28-27(31)35-17-24-22-9-3-1-7-20(22)21-8-2-4-10-23(21)24/h1-4,7-14,24-25H,5-6,15-17H2,(H,28,31)(H,29,30)(H2,32,33,34)/t25-/m0/s1. The number of fused-ring (bicyclic) bond motifs is 3. The number of rotatable bonds is 10. The van der Waals surface area contributed by atoms with E-state index >= 15 is 0 Å². The molecule has 0 heterocycles. The van der Waals surface area contributed by atoms with E-state index in [9.17, 15) is 19.3 Å². The quantitative estimate of drug-likeness (QED) is 0.299. The molecule has 0 aliphatic heterocycles. The molecule has 1 amide bonds. The molecule has 0 aromatic heterocycles. The molecule has 8 nitrogen and oxygen atoms in total. The zero-order valence-corrected chi connectivity index (χ0v) is 20.4. The molecule has 0 bridgehead atoms. The molecule has 36 heavy (non-hydrogen) atoms. The summed E-state index contributed by atoms with van der Waals surface area (Å²) < 4.78 is 16.4. The molecule has 9 heteroatoms. The molecule has 0 saturated heterocycles. The van der Waals surface area contributed by atoms with E-state index in [0.717, 1.165) is 27.8 Å². The summed E-state index contributed by atoms with van der Waals surface area (Å²) in [4.78, 5) is 42.2. The molecular formula is C27H28NO7P. The first kappa shape index (κ1) is 25.6. The van der Waals surface area contributed by atoms with Crippen molar-refractivity contribution in [1.29, 1.82) is 0 Å². The van der Waals surface area contributed by atoms with Crippen LogP contribution in [0, 0.1) is 0 Å². The summed E-state index contributed by atoms with van der Waals surface area (Å²) in [6, 6.07) is 21.9. The average Bonchev–Trinajstić information content (AvgIpc) is 3.16. The summed E-state index contributed by atoms with van der Waals surface area (Å²) in [5.74, 6) is -1.29. The first-order valence-corrected chi connectivity index (χ1v) is 13.5. The highest BCUT2D eigenvalue weighted by Crippen LogP contribution is 2.44. The van der Waals surface area contributed by atoms with Crippen LogP contribution < -0.4 is 5.32 Å². The van der Waals surface area contributed by atoms with Gasteiger partial charge in [-0.05, 0) is 46.2 Å². The normalized spacial score (nSPS) is 13.5. The molecule has 0 spiro atoms. The Labute approximate surface area is 209 Å². The number of nitrogens with one attached hydrogen (secondary N) is 1. The number of carbonyl (C=O) groups is 2. The van der Waals surface area contributed by atoms with Gasteiger partial charge in [0.1, 0.15) is 12.6 Å². The molecule has 188 valence electrons. The third-order valence-corrected chi connectivity index (χ3v) is 7.21. The smallest absolute Gasteiger partial charge is 0.407 e. The number of carboxylic acids is 1. The van der Waals surface area contributed by atoms with Gasteiger partial charge >= 0.3 is 19.7 Å². The van der Waals surface area contributed by atoms with Crippen LogP contribution in [0.3, 0.4) is 0 Å². The first-order valence-electron chi connectivity index (χ1n) is 11.7. The Morgan fingerprint density at radius 1 is 0.889 bits per heavy atom. The molecule has 1 aliphatic rings. The second kappa shape index (κ2) is 11.1. The maximum Gasteiger partial charge on any atom is 0.407 e. The Hall–Kier alpha value is -3.45. The fourth-order valence-corrected chi connectivity index (χ4v) is 5.12. The third-order valence-electron chi connectivity index (χ3n) is 6.31. The van der Waals surface area contributed by atoms with E-state index in [1.807, 2.05) is 48.5 Å². The fourth-order valence-electron chi connectivity index (χ4n) is 4.55. The highest BCUT2D eigenvalue weighted by atomic mass is 31.2. The molecule has 1 aliphatic carbocycles. The molecule has 0 saturated carbocycles. The van der Waals surface area contributed by atoms with Crippen molar-refractivity contribution in [1.82, 2.24) is 5.32 Å². The fraction of sp³-hybridized carbons (Fsp3) is 0.259. The number of aliphatic carboxylic acids is 1.